The lowest BCUT2D eigenvalue weighted by Crippen LogP contribution is -1.86. The average molecular weight is 1460 g/mol. The Labute approximate surface area is 658 Å². The molecule has 532 valence electrons. The zero-order valence-electron chi connectivity index (χ0n) is 62.5. The van der Waals surface area contributed by atoms with E-state index in [4.69, 9.17) is 26.3 Å². The number of hydrogen-bond donors (Lipinski definition) is 0. The van der Waals surface area contributed by atoms with Crippen LogP contribution in [0.1, 0.15) is 0 Å². The van der Waals surface area contributed by atoms with E-state index in [0.29, 0.717) is 22.7 Å². The molecular weight excluding hydrogens is 1390 g/mol. The second-order valence-corrected chi connectivity index (χ2v) is 29.6. The Kier molecular flexibility index (Phi) is 18.2. The minimum Gasteiger partial charge on any atom is -0.345 e. The van der Waals surface area contributed by atoms with Crippen molar-refractivity contribution in [1.29, 1.82) is 0 Å². The molecular formula is C104H70N8S. The highest BCUT2D eigenvalue weighted by Crippen LogP contribution is 2.44. The smallest absolute Gasteiger partial charge is 0.189 e. The molecule has 113 heavy (non-hydrogen) atoms. The van der Waals surface area contributed by atoms with Crippen molar-refractivity contribution in [3.05, 3.63) is 398 Å². The maximum absolute atomic E-state index is 7.33. The van der Waals surface area contributed by atoms with Crippen LogP contribution in [0, 0.1) is 26.3 Å². The molecule has 0 saturated heterocycles. The third kappa shape index (κ3) is 12.9. The lowest BCUT2D eigenvalue weighted by atomic mass is 9.96. The molecule has 0 amide bonds. The van der Waals surface area contributed by atoms with E-state index in [1.807, 2.05) is 78.1 Å². The van der Waals surface area contributed by atoms with E-state index in [-0.39, 0.29) is 0 Å². The van der Waals surface area contributed by atoms with E-state index < -0.39 is 0 Å². The molecule has 0 atom stereocenters. The molecule has 0 aliphatic carbocycles. The highest BCUT2D eigenvalue weighted by atomic mass is 32.1. The molecule has 0 saturated carbocycles. The summed E-state index contributed by atoms with van der Waals surface area (Å²) in [6.07, 6.45) is 0. The van der Waals surface area contributed by atoms with Crippen LogP contribution in [0.4, 0.5) is 22.7 Å². The quantitative estimate of drug-likeness (QED) is 0.143. The summed E-state index contributed by atoms with van der Waals surface area (Å²) < 4.78 is 11.4. The van der Waals surface area contributed by atoms with Gasteiger partial charge in [0.25, 0.3) is 0 Å². The Bertz CT molecular complexity index is 7510. The first-order valence-electron chi connectivity index (χ1n) is 37.4. The van der Waals surface area contributed by atoms with Crippen LogP contribution in [0.25, 0.3) is 205 Å². The van der Waals surface area contributed by atoms with Gasteiger partial charge in [-0.25, -0.2) is 19.4 Å². The molecule has 5 aromatic heterocycles. The molecule has 0 fully saturated rings. The van der Waals surface area contributed by atoms with Gasteiger partial charge in [0.1, 0.15) is 0 Å². The van der Waals surface area contributed by atoms with Gasteiger partial charge in [-0.15, -0.1) is 11.3 Å². The summed E-state index contributed by atoms with van der Waals surface area (Å²) in [5.74, 6) is 0. The Balaban J connectivity index is 0.000000106. The predicted molar refractivity (Wildman–Crippen MR) is 478 cm³/mol. The van der Waals surface area contributed by atoms with Gasteiger partial charge in [-0.05, 0) is 169 Å². The largest absolute Gasteiger partial charge is 0.345 e. The number of thiophene rings is 1. The molecule has 0 N–H and O–H groups in total. The molecule has 16 aromatic carbocycles. The van der Waals surface area contributed by atoms with Gasteiger partial charge in [0, 0.05) is 136 Å². The van der Waals surface area contributed by atoms with Crippen molar-refractivity contribution in [2.45, 2.75) is 0 Å². The number of aromatic nitrogens is 4. The fourth-order valence-corrected chi connectivity index (χ4v) is 17.5. The number of hydrogen-bond acceptors (Lipinski definition) is 1. The van der Waals surface area contributed by atoms with Gasteiger partial charge >= 0.3 is 0 Å². The van der Waals surface area contributed by atoms with Gasteiger partial charge in [-0.3, -0.25) is 0 Å². The van der Waals surface area contributed by atoms with Gasteiger partial charge in [-0.1, -0.05) is 261 Å². The third-order valence-electron chi connectivity index (χ3n) is 22.1. The first kappa shape index (κ1) is 69.6. The molecule has 0 aliphatic rings. The van der Waals surface area contributed by atoms with Crippen LogP contribution in [0.2, 0.25) is 0 Å². The Morgan fingerprint density at radius 1 is 0.195 bits per heavy atom. The Morgan fingerprint density at radius 2 is 0.460 bits per heavy atom. The van der Waals surface area contributed by atoms with Crippen LogP contribution in [0.15, 0.2) is 352 Å². The Hall–Kier alpha value is -15.1. The first-order valence-corrected chi connectivity index (χ1v) is 38.3. The van der Waals surface area contributed by atoms with Crippen molar-refractivity contribution in [1.82, 2.24) is 18.3 Å². The van der Waals surface area contributed by atoms with Crippen molar-refractivity contribution in [2.75, 3.05) is 0 Å². The summed E-state index contributed by atoms with van der Waals surface area (Å²) in [5, 5.41) is 12.3. The van der Waals surface area contributed by atoms with E-state index in [2.05, 4.69) is 351 Å². The summed E-state index contributed by atoms with van der Waals surface area (Å²) in [4.78, 5) is 14.3. The lowest BCUT2D eigenvalue weighted by molar-refractivity contribution is 1.01. The van der Waals surface area contributed by atoms with Gasteiger partial charge < -0.3 is 18.3 Å². The third-order valence-corrected chi connectivity index (χ3v) is 23.3. The van der Waals surface area contributed by atoms with Gasteiger partial charge in [0.15, 0.2) is 22.7 Å². The molecule has 0 unspecified atom stereocenters. The van der Waals surface area contributed by atoms with Crippen LogP contribution >= 0.6 is 11.3 Å². The molecule has 0 spiro atoms. The van der Waals surface area contributed by atoms with E-state index in [1.54, 1.807) is 0 Å². The normalized spacial score (nSPS) is 11.2. The van der Waals surface area contributed by atoms with Crippen LogP contribution in [-0.4, -0.2) is 18.3 Å². The number of rotatable bonds is 7. The number of benzene rings is 16. The molecule has 0 radical (unpaired) electrons. The van der Waals surface area contributed by atoms with Crippen molar-refractivity contribution < 1.29 is 0 Å². The predicted octanol–water partition coefficient (Wildman–Crippen LogP) is 29.6. The van der Waals surface area contributed by atoms with Crippen LogP contribution in [-0.2, 0) is 28.2 Å². The fraction of sp³-hybridized carbons (Fsp3) is 0.0385. The zero-order valence-corrected chi connectivity index (χ0v) is 63.3. The summed E-state index contributed by atoms with van der Waals surface area (Å²) in [6, 6.07) is 123. The monoisotopic (exact) mass is 1460 g/mol. The fourth-order valence-electron chi connectivity index (χ4n) is 16.3. The molecule has 8 nitrogen and oxygen atoms in total. The summed E-state index contributed by atoms with van der Waals surface area (Å²) in [5.41, 5.74) is 28.9. The average Bonchev–Trinajstić information content (AvgIpc) is 1.63. The maximum Gasteiger partial charge on any atom is 0.189 e. The Morgan fingerprint density at radius 3 is 0.841 bits per heavy atom. The molecule has 0 bridgehead atoms. The number of aryl methyl sites for hydroxylation is 4. The first-order chi connectivity index (χ1) is 55.5. The van der Waals surface area contributed by atoms with E-state index in [9.17, 15) is 0 Å². The van der Waals surface area contributed by atoms with Crippen molar-refractivity contribution >= 4 is 141 Å². The number of fused-ring (bicyclic) bond motifs is 15. The minimum absolute atomic E-state index is 0.671. The van der Waals surface area contributed by atoms with E-state index in [1.165, 1.54) is 163 Å². The zero-order chi connectivity index (χ0) is 76.8. The number of nitrogens with zero attached hydrogens (tertiary/aromatic N) is 8. The highest BCUT2D eigenvalue weighted by Gasteiger charge is 2.18. The standard InChI is InChI=1S/C32H22N2.C26H16N2S.C26H18N2.C20H14N2/c1-33-28-16-17-29-30-20-27(15-18-31(30)34(2)32(29)21-28)26-10-6-9-25(19-26)24-13-11-23(12-14-24)22-7-4-3-5-8-22;1-27-17-11-12-19-22-14-16(10-13-23(22)28(2)24(19)15-17)18-7-5-8-21-20-6-3-4-9-25(20)29-26(18)21;1-27-22-12-13-23-24-16-21(11-14-25(24)28(2)26(23)17-22)20-10-6-9-19(15-20)18-7-4-3-5-8-18;1-21-16-9-10-17-18-12-15(14-6-4-3-5-7-14)8-11-19(18)22(2)20(17)13-16/h3-21H,2H3;3-15H,2H3;3-17H,2H3;3-13H,2H3. The summed E-state index contributed by atoms with van der Waals surface area (Å²) >= 11 is 1.86. The topological polar surface area (TPSA) is 37.2 Å². The minimum atomic E-state index is 0.671. The molecule has 9 heteroatoms. The van der Waals surface area contributed by atoms with Crippen LogP contribution in [0.3, 0.4) is 0 Å². The molecule has 0 aliphatic heterocycles. The van der Waals surface area contributed by atoms with Crippen molar-refractivity contribution in [2.24, 2.45) is 28.2 Å². The van der Waals surface area contributed by atoms with Crippen molar-refractivity contribution in [3.8, 4) is 77.9 Å². The van der Waals surface area contributed by atoms with Crippen LogP contribution in [0.5, 0.6) is 0 Å². The lowest BCUT2D eigenvalue weighted by Gasteiger charge is -2.08. The SMILES string of the molecule is [C-]#[N+]c1ccc2c3cc(-c4cccc(-c5ccc(-c6ccccc6)cc5)c4)ccc3n(C)c2c1.[C-]#[N+]c1ccc2c3cc(-c4cccc(-c5ccccc5)c4)ccc3n(C)c2c1.[C-]#[N+]c1ccc2c3cc(-c4cccc5c4sc4ccccc45)ccc3n(C)c2c1.[C-]#[N+]c1ccc2c3cc(-c4ccccc4)ccc3n(C)c2c1. The van der Waals surface area contributed by atoms with Gasteiger partial charge in [0.2, 0.25) is 0 Å². The maximum atomic E-state index is 7.33. The molecule has 21 aromatic rings. The summed E-state index contributed by atoms with van der Waals surface area (Å²) in [6.45, 7) is 29.1. The van der Waals surface area contributed by atoms with Gasteiger partial charge in [-0.2, -0.15) is 0 Å². The van der Waals surface area contributed by atoms with Crippen molar-refractivity contribution in [3.63, 3.8) is 0 Å². The highest BCUT2D eigenvalue weighted by molar-refractivity contribution is 7.26. The van der Waals surface area contributed by atoms with Crippen LogP contribution < -0.4 is 0 Å². The molecule has 5 heterocycles. The van der Waals surface area contributed by atoms with E-state index >= 15 is 0 Å². The van der Waals surface area contributed by atoms with Gasteiger partial charge in [0.05, 0.1) is 26.3 Å². The second-order valence-electron chi connectivity index (χ2n) is 28.5. The molecule has 21 rings (SSSR count). The summed E-state index contributed by atoms with van der Waals surface area (Å²) in [7, 11) is 8.26. The second kappa shape index (κ2) is 29.5. The van der Waals surface area contributed by atoms with E-state index in [0.717, 1.165) is 22.1 Å².